The average molecular weight is 1170 g/mol. The van der Waals surface area contributed by atoms with E-state index in [1.165, 1.54) is 6.92 Å². The molecule has 4 aromatic rings. The number of carbonyl (C=O) groups is 4. The molecule has 0 aliphatic carbocycles. The Morgan fingerprint density at radius 2 is 0.873 bits per heavy atom. The normalized spacial score (nSPS) is 13.8. The maximum Gasteiger partial charge on any atom is 0.269 e. The molecule has 4 aromatic carbocycles. The van der Waals surface area contributed by atoms with Crippen molar-refractivity contribution in [3.63, 3.8) is 0 Å². The highest BCUT2D eigenvalue weighted by atomic mass is 35.5. The van der Waals surface area contributed by atoms with E-state index in [0.29, 0.717) is 57.7 Å². The lowest BCUT2D eigenvalue weighted by atomic mass is 9.91. The summed E-state index contributed by atoms with van der Waals surface area (Å²) in [5, 5.41) is 11.1. The van der Waals surface area contributed by atoms with Gasteiger partial charge in [0, 0.05) is 11.1 Å². The Kier molecular flexibility index (Phi) is 24.1. The molecule has 0 aliphatic rings. The molecule has 0 aliphatic heterocycles. The number of benzene rings is 4. The van der Waals surface area contributed by atoms with Crippen molar-refractivity contribution in [3.05, 3.63) is 150 Å². The van der Waals surface area contributed by atoms with Crippen LogP contribution in [0.2, 0.25) is 64.4 Å². The molecular weight excluding hydrogens is 1090 g/mol. The van der Waals surface area contributed by atoms with Gasteiger partial charge in [-0.05, 0) is 153 Å². The Morgan fingerprint density at radius 3 is 1.19 bits per heavy atom. The number of halogens is 2. The van der Waals surface area contributed by atoms with E-state index in [0.717, 1.165) is 27.8 Å². The lowest BCUT2D eigenvalue weighted by Crippen LogP contribution is -2.51. The number of carbonyl (C=O) groups excluding carboxylic acids is 4. The number of hydrogen-bond donors (Lipinski definition) is 5. The Hall–Kier alpha value is -5.19. The van der Waals surface area contributed by atoms with E-state index in [9.17, 15) is 24.3 Å². The van der Waals surface area contributed by atoms with Gasteiger partial charge in [0.15, 0.2) is 25.0 Å². The van der Waals surface area contributed by atoms with Crippen LogP contribution >= 0.6 is 23.2 Å². The molecule has 0 heterocycles. The monoisotopic (exact) mass is 1170 g/mol. The fourth-order valence-electron chi connectivity index (χ4n) is 7.22. The maximum absolute atomic E-state index is 13.6. The van der Waals surface area contributed by atoms with Gasteiger partial charge in [0.1, 0.15) is 0 Å². The Morgan fingerprint density at radius 1 is 0.544 bits per heavy atom. The molecule has 4 atom stereocenters. The van der Waals surface area contributed by atoms with E-state index in [4.69, 9.17) is 49.6 Å². The zero-order valence-electron chi connectivity index (χ0n) is 50.0. The van der Waals surface area contributed by atoms with Crippen LogP contribution in [0.25, 0.3) is 9.69 Å². The molecule has 14 nitrogen and oxygen atoms in total. The van der Waals surface area contributed by atoms with Crippen LogP contribution in [-0.4, -0.2) is 65.9 Å². The molecule has 0 unspecified atom stereocenters. The van der Waals surface area contributed by atoms with Gasteiger partial charge in [-0.3, -0.25) is 40.9 Å². The fraction of sp³-hybridized carbons (Fsp3) is 0.500. The van der Waals surface area contributed by atoms with E-state index < -0.39 is 66.7 Å². The molecule has 0 fully saturated rings. The molecule has 5 N–H and O–H groups in total. The van der Waals surface area contributed by atoms with Crippen molar-refractivity contribution in [3.8, 4) is 0 Å². The Labute approximate surface area is 484 Å². The predicted octanol–water partition coefficient (Wildman–Crippen LogP) is 14.5. The topological polar surface area (TPSA) is 173 Å². The van der Waals surface area contributed by atoms with Crippen molar-refractivity contribution in [2.45, 2.75) is 183 Å². The highest BCUT2D eigenvalue weighted by Gasteiger charge is 2.42. The van der Waals surface area contributed by atoms with Crippen LogP contribution in [0.3, 0.4) is 0 Å². The second-order valence-corrected chi connectivity index (χ2v) is 40.0. The van der Waals surface area contributed by atoms with Crippen LogP contribution in [-0.2, 0) is 48.9 Å². The summed E-state index contributed by atoms with van der Waals surface area (Å²) in [7, 11) is -5.97. The van der Waals surface area contributed by atoms with Crippen molar-refractivity contribution in [2.24, 2.45) is 11.8 Å². The summed E-state index contributed by atoms with van der Waals surface area (Å²) in [5.74, 6) is -3.20. The average Bonchev–Trinajstić information content (AvgIpc) is 3.36. The molecule has 0 saturated carbocycles. The third-order valence-corrected chi connectivity index (χ3v) is 30.5. The van der Waals surface area contributed by atoms with Gasteiger partial charge in [0.05, 0.1) is 60.4 Å². The summed E-state index contributed by atoms with van der Waals surface area (Å²) in [6.45, 7) is 55.2. The number of amides is 4. The molecule has 0 bridgehead atoms. The second-order valence-electron chi connectivity index (χ2n) is 24.9. The Bertz CT molecular complexity index is 2860. The quantitative estimate of drug-likeness (QED) is 0.0372. The summed E-state index contributed by atoms with van der Waals surface area (Å²) < 4.78 is 19.1. The lowest BCUT2D eigenvalue weighted by Gasteiger charge is -2.40. The number of rotatable bonds is 18. The zero-order valence-corrected chi connectivity index (χ0v) is 54.5. The van der Waals surface area contributed by atoms with E-state index >= 15 is 0 Å². The smallest absolute Gasteiger partial charge is 0.269 e. The Balaban J connectivity index is 0.000000422. The zero-order chi connectivity index (χ0) is 60.2. The fourth-order valence-corrected chi connectivity index (χ4v) is 11.0. The van der Waals surface area contributed by atoms with Crippen LogP contribution in [0.5, 0.6) is 0 Å². The molecule has 79 heavy (non-hydrogen) atoms. The minimum Gasteiger partial charge on any atom is -0.413 e. The van der Waals surface area contributed by atoms with Gasteiger partial charge in [0.25, 0.3) is 11.8 Å². The number of hydrazine groups is 2. The second kappa shape index (κ2) is 28.0. The van der Waals surface area contributed by atoms with Crippen molar-refractivity contribution in [2.75, 3.05) is 0 Å². The standard InChI is InChI=1S/C33H50ClN3O4Si2.C27H36ClN3O4Si/c1-22-26(18-19-28(35-9)29(22)34)20-27(23(2)41-43(12,13)33(6,7)8)31(39)37-36-30(38)25-16-14-24(15-17-25)21-40-42(10,11)32(3,4)5;1-17-21(13-14-23(29-6)24(17)28)15-22(18(2)32)26(34)31-30-25(33)20-11-9-19(10-12-20)16-35-36(7,8)27(3,4)5/h14-19,23,27H,20-21H2,1-8,10-13H3,(H,36,38)(H,37,39);9-14,18,22,32H,15-16H2,1-5,7-8H3,(H,30,33)(H,31,34)/t23-,27+;18-,22+/m00/s1. The summed E-state index contributed by atoms with van der Waals surface area (Å²) in [6.07, 6.45) is -0.867. The highest BCUT2D eigenvalue weighted by molar-refractivity contribution is 6.75. The van der Waals surface area contributed by atoms with Gasteiger partial charge < -0.3 is 18.4 Å². The van der Waals surface area contributed by atoms with Gasteiger partial charge in [-0.25, -0.2) is 9.69 Å². The van der Waals surface area contributed by atoms with E-state index in [-0.39, 0.29) is 27.4 Å². The van der Waals surface area contributed by atoms with Crippen molar-refractivity contribution >= 4 is 83.2 Å². The minimum atomic E-state index is -2.21. The van der Waals surface area contributed by atoms with Gasteiger partial charge in [-0.2, -0.15) is 0 Å². The number of hydrogen-bond acceptors (Lipinski definition) is 8. The van der Waals surface area contributed by atoms with E-state index in [2.05, 4.69) is 133 Å². The first-order valence-corrected chi connectivity index (χ1v) is 36.1. The number of nitrogens with one attached hydrogen (secondary N) is 4. The summed E-state index contributed by atoms with van der Waals surface area (Å²) >= 11 is 12.7. The summed E-state index contributed by atoms with van der Waals surface area (Å²) in [6, 6.07) is 21.1. The first-order chi connectivity index (χ1) is 36.3. The molecule has 19 heteroatoms. The minimum absolute atomic E-state index is 0.0467. The highest BCUT2D eigenvalue weighted by Crippen LogP contribution is 2.41. The molecule has 0 saturated heterocycles. The first-order valence-electron chi connectivity index (χ1n) is 26.6. The van der Waals surface area contributed by atoms with Crippen LogP contribution in [0.1, 0.15) is 130 Å². The lowest BCUT2D eigenvalue weighted by molar-refractivity contribution is -0.129. The number of aliphatic hydroxyl groups is 1. The van der Waals surface area contributed by atoms with Crippen LogP contribution in [0.4, 0.5) is 11.4 Å². The van der Waals surface area contributed by atoms with E-state index in [1.807, 2.05) is 44.2 Å². The number of aliphatic hydroxyl groups excluding tert-OH is 1. The van der Waals surface area contributed by atoms with Crippen molar-refractivity contribution < 1.29 is 37.6 Å². The number of nitrogens with zero attached hydrogens (tertiary/aromatic N) is 2. The van der Waals surface area contributed by atoms with Crippen molar-refractivity contribution in [1.82, 2.24) is 21.7 Å². The van der Waals surface area contributed by atoms with Gasteiger partial charge in [0.2, 0.25) is 23.2 Å². The van der Waals surface area contributed by atoms with Gasteiger partial charge >= 0.3 is 0 Å². The molecule has 4 amide bonds. The van der Waals surface area contributed by atoms with Crippen LogP contribution < -0.4 is 21.7 Å². The maximum atomic E-state index is 13.6. The molecule has 0 spiro atoms. The van der Waals surface area contributed by atoms with Crippen LogP contribution in [0, 0.1) is 38.8 Å². The molecule has 430 valence electrons. The SMILES string of the molecule is [C-]#[N+]c1ccc(C[C@@H](C(=O)NNC(=O)c2ccc(CO[Si](C)(C)C(C)(C)C)cc2)[C@H](C)O)c(C)c1Cl.[C-]#[N+]c1ccc(C[C@@H](C(=O)NNC(=O)c2ccc(CO[Si](C)(C)C(C)(C)C)cc2)[C@H](C)O[Si](C)(C)C(C)(C)C)c(C)c1Cl. The molecule has 4 rings (SSSR count). The van der Waals surface area contributed by atoms with Crippen LogP contribution in [0.15, 0.2) is 72.8 Å². The van der Waals surface area contributed by atoms with Gasteiger partial charge in [-0.1, -0.05) is 134 Å². The summed E-state index contributed by atoms with van der Waals surface area (Å²) in [5.41, 5.74) is 16.6. The van der Waals surface area contributed by atoms with Gasteiger partial charge in [-0.15, -0.1) is 0 Å². The molecule has 0 radical (unpaired) electrons. The third kappa shape index (κ3) is 18.9. The third-order valence-electron chi connectivity index (χ3n) is 16.0. The molecule has 0 aromatic heterocycles. The van der Waals surface area contributed by atoms with Crippen molar-refractivity contribution in [1.29, 1.82) is 0 Å². The largest absolute Gasteiger partial charge is 0.413 e. The summed E-state index contributed by atoms with van der Waals surface area (Å²) in [4.78, 5) is 58.8. The predicted molar refractivity (Wildman–Crippen MR) is 327 cm³/mol. The first kappa shape index (κ1) is 68.1. The van der Waals surface area contributed by atoms with E-state index in [1.54, 1.807) is 49.4 Å². The molecular formula is C60H86Cl2N6O8Si3.